The molecule has 0 saturated heterocycles. The summed E-state index contributed by atoms with van der Waals surface area (Å²) in [7, 11) is 0. The van der Waals surface area contributed by atoms with Gasteiger partial charge in [0.15, 0.2) is 0 Å². The van der Waals surface area contributed by atoms with E-state index in [9.17, 15) is 0 Å². The molecule has 0 amide bonds. The largest absolute Gasteiger partial charge is 0.376 e. The van der Waals surface area contributed by atoms with Crippen molar-refractivity contribution in [2.75, 3.05) is 19.8 Å². The SMILES string of the molecule is C=C(C)COCCNCc1ccc(Cl)cc1. The normalized spacial score (nSPS) is 10.4. The Bertz CT molecular complexity index is 321. The summed E-state index contributed by atoms with van der Waals surface area (Å²) >= 11 is 5.80. The predicted molar refractivity (Wildman–Crippen MR) is 68.8 cm³/mol. The van der Waals surface area contributed by atoms with Gasteiger partial charge in [-0.2, -0.15) is 0 Å². The zero-order chi connectivity index (χ0) is 11.8. The minimum absolute atomic E-state index is 0.641. The summed E-state index contributed by atoms with van der Waals surface area (Å²) in [6.45, 7) is 8.76. The van der Waals surface area contributed by atoms with Gasteiger partial charge in [-0.3, -0.25) is 0 Å². The van der Waals surface area contributed by atoms with Crippen LogP contribution in [0.2, 0.25) is 5.02 Å². The molecular weight excluding hydrogens is 222 g/mol. The summed E-state index contributed by atoms with van der Waals surface area (Å²) in [6.07, 6.45) is 0. The van der Waals surface area contributed by atoms with Crippen LogP contribution in [0, 0.1) is 0 Å². The highest BCUT2D eigenvalue weighted by atomic mass is 35.5. The van der Waals surface area contributed by atoms with Gasteiger partial charge < -0.3 is 10.1 Å². The quantitative estimate of drug-likeness (QED) is 0.584. The predicted octanol–water partition coefficient (Wildman–Crippen LogP) is 3.02. The molecule has 0 aliphatic carbocycles. The van der Waals surface area contributed by atoms with Crippen LogP contribution in [0.5, 0.6) is 0 Å². The van der Waals surface area contributed by atoms with Crippen molar-refractivity contribution in [3.8, 4) is 0 Å². The van der Waals surface area contributed by atoms with E-state index in [4.69, 9.17) is 16.3 Å². The highest BCUT2D eigenvalue weighted by molar-refractivity contribution is 6.30. The molecule has 0 aromatic heterocycles. The van der Waals surface area contributed by atoms with Gasteiger partial charge in [0.25, 0.3) is 0 Å². The number of halogens is 1. The molecule has 1 rings (SSSR count). The van der Waals surface area contributed by atoms with Crippen molar-refractivity contribution >= 4 is 11.6 Å². The molecule has 0 atom stereocenters. The summed E-state index contributed by atoms with van der Waals surface area (Å²) in [4.78, 5) is 0. The van der Waals surface area contributed by atoms with Crippen LogP contribution in [0.1, 0.15) is 12.5 Å². The Labute approximate surface area is 102 Å². The van der Waals surface area contributed by atoms with E-state index in [1.54, 1.807) is 0 Å². The first kappa shape index (κ1) is 13.2. The molecule has 0 aliphatic heterocycles. The van der Waals surface area contributed by atoms with Crippen molar-refractivity contribution in [2.24, 2.45) is 0 Å². The van der Waals surface area contributed by atoms with Gasteiger partial charge in [0.05, 0.1) is 13.2 Å². The third kappa shape index (κ3) is 5.91. The Morgan fingerprint density at radius 1 is 1.38 bits per heavy atom. The molecular formula is C13H18ClNO. The second-order valence-electron chi connectivity index (χ2n) is 3.81. The van der Waals surface area contributed by atoms with E-state index in [1.807, 2.05) is 31.2 Å². The van der Waals surface area contributed by atoms with Gasteiger partial charge in [-0.15, -0.1) is 0 Å². The van der Waals surface area contributed by atoms with Crippen molar-refractivity contribution in [3.63, 3.8) is 0 Å². The van der Waals surface area contributed by atoms with Gasteiger partial charge in [0.1, 0.15) is 0 Å². The maximum absolute atomic E-state index is 5.80. The lowest BCUT2D eigenvalue weighted by atomic mass is 10.2. The van der Waals surface area contributed by atoms with Gasteiger partial charge in [0, 0.05) is 18.1 Å². The fourth-order valence-electron chi connectivity index (χ4n) is 1.23. The zero-order valence-electron chi connectivity index (χ0n) is 9.63. The highest BCUT2D eigenvalue weighted by Crippen LogP contribution is 2.08. The second-order valence-corrected chi connectivity index (χ2v) is 4.25. The van der Waals surface area contributed by atoms with E-state index < -0.39 is 0 Å². The molecule has 2 nitrogen and oxygen atoms in total. The van der Waals surface area contributed by atoms with E-state index >= 15 is 0 Å². The van der Waals surface area contributed by atoms with Gasteiger partial charge in [-0.25, -0.2) is 0 Å². The van der Waals surface area contributed by atoms with E-state index in [0.717, 1.165) is 23.7 Å². The lowest BCUT2D eigenvalue weighted by molar-refractivity contribution is 0.158. The maximum Gasteiger partial charge on any atom is 0.0672 e. The minimum Gasteiger partial charge on any atom is -0.376 e. The third-order valence-electron chi connectivity index (χ3n) is 2.01. The summed E-state index contributed by atoms with van der Waals surface area (Å²) in [5.41, 5.74) is 2.28. The number of benzene rings is 1. The average Bonchev–Trinajstić information content (AvgIpc) is 2.25. The highest BCUT2D eigenvalue weighted by Gasteiger charge is 1.93. The summed E-state index contributed by atoms with van der Waals surface area (Å²) in [6, 6.07) is 7.83. The lowest BCUT2D eigenvalue weighted by Gasteiger charge is -2.06. The molecule has 0 unspecified atom stereocenters. The van der Waals surface area contributed by atoms with E-state index in [0.29, 0.717) is 13.2 Å². The molecule has 1 aromatic carbocycles. The molecule has 88 valence electrons. The van der Waals surface area contributed by atoms with E-state index in [1.165, 1.54) is 5.56 Å². The first-order valence-corrected chi connectivity index (χ1v) is 5.73. The molecule has 0 radical (unpaired) electrons. The fraction of sp³-hybridized carbons (Fsp3) is 0.385. The van der Waals surface area contributed by atoms with Crippen molar-refractivity contribution < 1.29 is 4.74 Å². The van der Waals surface area contributed by atoms with Crippen LogP contribution < -0.4 is 5.32 Å². The van der Waals surface area contributed by atoms with Crippen LogP contribution in [0.15, 0.2) is 36.4 Å². The Kier molecular flexibility index (Phi) is 6.16. The average molecular weight is 240 g/mol. The maximum atomic E-state index is 5.80. The number of hydrogen-bond acceptors (Lipinski definition) is 2. The van der Waals surface area contributed by atoms with Crippen LogP contribution in [-0.2, 0) is 11.3 Å². The number of rotatable bonds is 7. The van der Waals surface area contributed by atoms with Crippen molar-refractivity contribution in [1.82, 2.24) is 5.32 Å². The molecule has 1 N–H and O–H groups in total. The van der Waals surface area contributed by atoms with Gasteiger partial charge in [-0.05, 0) is 24.6 Å². The standard InChI is InChI=1S/C13H18ClNO/c1-11(2)10-16-8-7-15-9-12-3-5-13(14)6-4-12/h3-6,15H,1,7-10H2,2H3. The smallest absolute Gasteiger partial charge is 0.0672 e. The van der Waals surface area contributed by atoms with Gasteiger partial charge in [-0.1, -0.05) is 35.9 Å². The number of ether oxygens (including phenoxy) is 1. The van der Waals surface area contributed by atoms with Crippen molar-refractivity contribution in [3.05, 3.63) is 47.0 Å². The summed E-state index contributed by atoms with van der Waals surface area (Å²) in [5.74, 6) is 0. The van der Waals surface area contributed by atoms with E-state index in [2.05, 4.69) is 11.9 Å². The van der Waals surface area contributed by atoms with Gasteiger partial charge >= 0.3 is 0 Å². The minimum atomic E-state index is 0.641. The lowest BCUT2D eigenvalue weighted by Crippen LogP contribution is -2.19. The molecule has 0 bridgehead atoms. The molecule has 0 spiro atoms. The molecule has 0 heterocycles. The van der Waals surface area contributed by atoms with Crippen LogP contribution in [0.25, 0.3) is 0 Å². The molecule has 1 aromatic rings. The topological polar surface area (TPSA) is 21.3 Å². The Hall–Kier alpha value is -0.830. The second kappa shape index (κ2) is 7.44. The van der Waals surface area contributed by atoms with E-state index in [-0.39, 0.29) is 0 Å². The monoisotopic (exact) mass is 239 g/mol. The zero-order valence-corrected chi connectivity index (χ0v) is 10.4. The number of nitrogens with one attached hydrogen (secondary N) is 1. The fourth-order valence-corrected chi connectivity index (χ4v) is 1.35. The first-order chi connectivity index (χ1) is 7.68. The third-order valence-corrected chi connectivity index (χ3v) is 2.27. The summed E-state index contributed by atoms with van der Waals surface area (Å²) in [5, 5.41) is 4.07. The molecule has 0 aliphatic rings. The van der Waals surface area contributed by atoms with Crippen LogP contribution in [-0.4, -0.2) is 19.8 Å². The molecule has 0 saturated carbocycles. The van der Waals surface area contributed by atoms with Crippen LogP contribution >= 0.6 is 11.6 Å². The van der Waals surface area contributed by atoms with Crippen LogP contribution in [0.4, 0.5) is 0 Å². The van der Waals surface area contributed by atoms with Crippen molar-refractivity contribution in [1.29, 1.82) is 0 Å². The van der Waals surface area contributed by atoms with Crippen LogP contribution in [0.3, 0.4) is 0 Å². The Balaban J connectivity index is 2.07. The number of hydrogen-bond donors (Lipinski definition) is 1. The molecule has 3 heteroatoms. The van der Waals surface area contributed by atoms with Gasteiger partial charge in [0.2, 0.25) is 0 Å². The summed E-state index contributed by atoms with van der Waals surface area (Å²) < 4.78 is 5.37. The molecule has 16 heavy (non-hydrogen) atoms. The van der Waals surface area contributed by atoms with Crippen molar-refractivity contribution in [2.45, 2.75) is 13.5 Å². The first-order valence-electron chi connectivity index (χ1n) is 5.36. The molecule has 0 fully saturated rings. The Morgan fingerprint density at radius 3 is 2.69 bits per heavy atom. The Morgan fingerprint density at radius 2 is 2.06 bits per heavy atom.